The molecule has 0 saturated heterocycles. The summed E-state index contributed by atoms with van der Waals surface area (Å²) in [4.78, 5) is 22.9. The highest BCUT2D eigenvalue weighted by Gasteiger charge is 2.20. The van der Waals surface area contributed by atoms with Gasteiger partial charge in [0, 0.05) is 18.7 Å². The van der Waals surface area contributed by atoms with Crippen LogP contribution in [0.25, 0.3) is 22.2 Å². The molecule has 150 valence electrons. The number of imidazole rings is 1. The molecule has 4 heteroatoms. The number of hydrogen-bond donors (Lipinski definition) is 1. The number of carbonyl (C=O) groups is 1. The number of aryl methyl sites for hydroxylation is 3. The van der Waals surface area contributed by atoms with Crippen LogP contribution in [0.2, 0.25) is 0 Å². The number of nitrogens with zero attached hydrogens (tertiary/aromatic N) is 2. The van der Waals surface area contributed by atoms with Gasteiger partial charge in [-0.3, -0.25) is 4.79 Å². The Balaban J connectivity index is 1.46. The van der Waals surface area contributed by atoms with Crippen LogP contribution in [-0.2, 0) is 13.0 Å². The second-order valence-corrected chi connectivity index (χ2v) is 8.23. The van der Waals surface area contributed by atoms with E-state index in [9.17, 15) is 4.79 Å². The van der Waals surface area contributed by atoms with Crippen molar-refractivity contribution in [3.63, 3.8) is 0 Å². The predicted octanol–water partition coefficient (Wildman–Crippen LogP) is 5.44. The average Bonchev–Trinajstić information content (AvgIpc) is 2.99. The van der Waals surface area contributed by atoms with E-state index in [-0.39, 0.29) is 5.91 Å². The Kier molecular flexibility index (Phi) is 4.62. The monoisotopic (exact) mass is 395 g/mol. The first-order chi connectivity index (χ1) is 14.6. The van der Waals surface area contributed by atoms with Crippen LogP contribution in [0.4, 0.5) is 0 Å². The lowest BCUT2D eigenvalue weighted by Crippen LogP contribution is -2.30. The highest BCUT2D eigenvalue weighted by molar-refractivity contribution is 5.94. The van der Waals surface area contributed by atoms with Crippen LogP contribution in [0.1, 0.15) is 39.3 Å². The number of amides is 1. The van der Waals surface area contributed by atoms with Crippen LogP contribution in [0.3, 0.4) is 0 Å². The molecule has 0 fully saturated rings. The molecule has 1 amide bonds. The number of benzene rings is 3. The van der Waals surface area contributed by atoms with Crippen molar-refractivity contribution in [2.75, 3.05) is 6.54 Å². The summed E-state index contributed by atoms with van der Waals surface area (Å²) >= 11 is 0. The number of aromatic nitrogens is 2. The molecule has 0 bridgehead atoms. The number of nitrogens with one attached hydrogen (secondary N) is 1. The van der Waals surface area contributed by atoms with Crippen LogP contribution in [0.15, 0.2) is 60.7 Å². The van der Waals surface area contributed by atoms with Crippen molar-refractivity contribution in [2.24, 2.45) is 0 Å². The van der Waals surface area contributed by atoms with Gasteiger partial charge in [0.1, 0.15) is 5.82 Å². The minimum absolute atomic E-state index is 0.113. The average molecular weight is 396 g/mol. The summed E-state index contributed by atoms with van der Waals surface area (Å²) in [6.45, 7) is 5.45. The van der Waals surface area contributed by atoms with Gasteiger partial charge in [-0.05, 0) is 79.3 Å². The van der Waals surface area contributed by atoms with Gasteiger partial charge < -0.3 is 9.88 Å². The largest absolute Gasteiger partial charge is 0.342 e. The van der Waals surface area contributed by atoms with Gasteiger partial charge in [0.2, 0.25) is 0 Å². The quantitative estimate of drug-likeness (QED) is 0.492. The van der Waals surface area contributed by atoms with Crippen molar-refractivity contribution in [3.05, 3.63) is 88.7 Å². The van der Waals surface area contributed by atoms with E-state index >= 15 is 0 Å². The fraction of sp³-hybridized carbons (Fsp3) is 0.231. The minimum atomic E-state index is 0.113. The number of rotatable bonds is 2. The first kappa shape index (κ1) is 18.6. The Morgan fingerprint density at radius 2 is 1.70 bits per heavy atom. The third-order valence-electron chi connectivity index (χ3n) is 5.96. The van der Waals surface area contributed by atoms with Gasteiger partial charge in [-0.1, -0.05) is 35.9 Å². The normalized spacial score (nSPS) is 13.9. The molecule has 1 aliphatic rings. The SMILES string of the molecule is Cc1ccc(C(=O)N2CCCc3ccc(-c4ccc5[nH]c(C)nc5c4)cc3C2)cc1. The number of fused-ring (bicyclic) bond motifs is 2. The lowest BCUT2D eigenvalue weighted by atomic mass is 9.97. The third-order valence-corrected chi connectivity index (χ3v) is 5.96. The molecule has 5 rings (SSSR count). The molecule has 4 nitrogen and oxygen atoms in total. The molecule has 0 unspecified atom stereocenters. The Bertz CT molecular complexity index is 1240. The highest BCUT2D eigenvalue weighted by atomic mass is 16.2. The highest BCUT2D eigenvalue weighted by Crippen LogP contribution is 2.28. The van der Waals surface area contributed by atoms with Crippen molar-refractivity contribution in [3.8, 4) is 11.1 Å². The van der Waals surface area contributed by atoms with E-state index in [2.05, 4.69) is 46.4 Å². The molecular weight excluding hydrogens is 370 g/mol. The van der Waals surface area contributed by atoms with E-state index in [0.29, 0.717) is 6.54 Å². The van der Waals surface area contributed by atoms with E-state index < -0.39 is 0 Å². The molecule has 1 aliphatic heterocycles. The fourth-order valence-electron chi connectivity index (χ4n) is 4.31. The van der Waals surface area contributed by atoms with E-state index in [4.69, 9.17) is 0 Å². The zero-order valence-corrected chi connectivity index (χ0v) is 17.4. The van der Waals surface area contributed by atoms with E-state index in [1.54, 1.807) is 0 Å². The van der Waals surface area contributed by atoms with Gasteiger partial charge in [0.25, 0.3) is 5.91 Å². The van der Waals surface area contributed by atoms with Crippen LogP contribution in [0.5, 0.6) is 0 Å². The van der Waals surface area contributed by atoms with Crippen LogP contribution in [0, 0.1) is 13.8 Å². The second kappa shape index (κ2) is 7.45. The molecule has 2 heterocycles. The molecule has 0 spiro atoms. The van der Waals surface area contributed by atoms with Gasteiger partial charge in [-0.25, -0.2) is 4.98 Å². The van der Waals surface area contributed by atoms with Crippen molar-refractivity contribution < 1.29 is 4.79 Å². The maximum absolute atomic E-state index is 13.1. The first-order valence-corrected chi connectivity index (χ1v) is 10.5. The lowest BCUT2D eigenvalue weighted by Gasteiger charge is -2.21. The summed E-state index contributed by atoms with van der Waals surface area (Å²) in [5.41, 5.74) is 8.87. The van der Waals surface area contributed by atoms with E-state index in [0.717, 1.165) is 47.4 Å². The number of aromatic amines is 1. The van der Waals surface area contributed by atoms with Gasteiger partial charge in [-0.2, -0.15) is 0 Å². The topological polar surface area (TPSA) is 49.0 Å². The summed E-state index contributed by atoms with van der Waals surface area (Å²) < 4.78 is 0. The van der Waals surface area contributed by atoms with Crippen molar-refractivity contribution in [1.29, 1.82) is 0 Å². The van der Waals surface area contributed by atoms with Crippen molar-refractivity contribution >= 4 is 16.9 Å². The molecule has 4 aromatic rings. The maximum atomic E-state index is 13.1. The summed E-state index contributed by atoms with van der Waals surface area (Å²) in [5.74, 6) is 1.04. The number of hydrogen-bond acceptors (Lipinski definition) is 2. The summed E-state index contributed by atoms with van der Waals surface area (Å²) in [6.07, 6.45) is 1.99. The van der Waals surface area contributed by atoms with E-state index in [1.165, 1.54) is 22.3 Å². The minimum Gasteiger partial charge on any atom is -0.342 e. The van der Waals surface area contributed by atoms with Gasteiger partial charge in [-0.15, -0.1) is 0 Å². The van der Waals surface area contributed by atoms with Gasteiger partial charge >= 0.3 is 0 Å². The molecule has 0 saturated carbocycles. The standard InChI is InChI=1S/C26H25N3O/c1-17-5-7-20(8-6-17)26(30)29-13-3-4-19-9-10-21(14-23(19)16-29)22-11-12-24-25(15-22)28-18(2)27-24/h5-12,14-15H,3-4,13,16H2,1-2H3,(H,27,28). The lowest BCUT2D eigenvalue weighted by molar-refractivity contribution is 0.0746. The third kappa shape index (κ3) is 3.50. The summed E-state index contributed by atoms with van der Waals surface area (Å²) in [6, 6.07) is 20.9. The Hall–Kier alpha value is -3.40. The molecule has 1 N–H and O–H groups in total. The second-order valence-electron chi connectivity index (χ2n) is 8.23. The molecule has 0 atom stereocenters. The van der Waals surface area contributed by atoms with Gasteiger partial charge in [0.15, 0.2) is 0 Å². The Morgan fingerprint density at radius 1 is 0.933 bits per heavy atom. The zero-order valence-electron chi connectivity index (χ0n) is 17.4. The Morgan fingerprint density at radius 3 is 2.53 bits per heavy atom. The molecule has 0 aliphatic carbocycles. The molecule has 1 aromatic heterocycles. The predicted molar refractivity (Wildman–Crippen MR) is 121 cm³/mol. The number of carbonyl (C=O) groups excluding carboxylic acids is 1. The van der Waals surface area contributed by atoms with Crippen molar-refractivity contribution in [1.82, 2.24) is 14.9 Å². The van der Waals surface area contributed by atoms with Crippen LogP contribution >= 0.6 is 0 Å². The molecular formula is C26H25N3O. The fourth-order valence-corrected chi connectivity index (χ4v) is 4.31. The van der Waals surface area contributed by atoms with Crippen LogP contribution < -0.4 is 0 Å². The number of H-pyrrole nitrogens is 1. The van der Waals surface area contributed by atoms with Gasteiger partial charge in [0.05, 0.1) is 11.0 Å². The summed E-state index contributed by atoms with van der Waals surface area (Å²) in [5, 5.41) is 0. The zero-order chi connectivity index (χ0) is 20.7. The molecule has 3 aromatic carbocycles. The molecule has 30 heavy (non-hydrogen) atoms. The smallest absolute Gasteiger partial charge is 0.254 e. The first-order valence-electron chi connectivity index (χ1n) is 10.5. The van der Waals surface area contributed by atoms with Crippen LogP contribution in [-0.4, -0.2) is 27.3 Å². The van der Waals surface area contributed by atoms with Crippen molar-refractivity contribution in [2.45, 2.75) is 33.2 Å². The Labute approximate surface area is 176 Å². The maximum Gasteiger partial charge on any atom is 0.254 e. The van der Waals surface area contributed by atoms with E-state index in [1.807, 2.05) is 43.0 Å². The summed E-state index contributed by atoms with van der Waals surface area (Å²) in [7, 11) is 0. The molecule has 0 radical (unpaired) electrons.